The fourth-order valence-electron chi connectivity index (χ4n) is 1.96. The molecule has 0 aliphatic heterocycles. The lowest BCUT2D eigenvalue weighted by molar-refractivity contribution is -0.114. The number of aliphatic hydroxyl groups excluding tert-OH is 1. The quantitative estimate of drug-likeness (QED) is 0.774. The second-order valence-corrected chi connectivity index (χ2v) is 5.63. The number of benzene rings is 2. The minimum absolute atomic E-state index is 0.110. The number of carbonyl (C=O) groups excluding carboxylic acids is 1. The maximum Gasteiger partial charge on any atom is 0.221 e. The van der Waals surface area contributed by atoms with E-state index in [4.69, 9.17) is 0 Å². The average Bonchev–Trinajstić information content (AvgIpc) is 2.44. The monoisotopic (exact) mass is 348 g/mol. The molecule has 21 heavy (non-hydrogen) atoms. The van der Waals surface area contributed by atoms with E-state index in [1.807, 2.05) is 48.5 Å². The first-order valence-electron chi connectivity index (χ1n) is 6.59. The maximum absolute atomic E-state index is 11.0. The zero-order valence-electron chi connectivity index (χ0n) is 11.6. The van der Waals surface area contributed by atoms with E-state index in [-0.39, 0.29) is 5.91 Å². The highest BCUT2D eigenvalue weighted by Crippen LogP contribution is 2.20. The molecule has 0 saturated heterocycles. The van der Waals surface area contributed by atoms with Gasteiger partial charge in [0.2, 0.25) is 5.91 Å². The van der Waals surface area contributed by atoms with Gasteiger partial charge in [-0.3, -0.25) is 4.79 Å². The predicted molar refractivity (Wildman–Crippen MR) is 88.3 cm³/mol. The van der Waals surface area contributed by atoms with Crippen molar-refractivity contribution in [2.75, 3.05) is 17.2 Å². The first-order chi connectivity index (χ1) is 10.0. The Kier molecular flexibility index (Phi) is 5.36. The minimum atomic E-state index is -0.605. The molecule has 0 saturated carbocycles. The standard InChI is InChI=1S/C16H17BrN2O2/c1-11(20)19-15-7-3-6-14(9-15)18-10-16(21)12-4-2-5-13(17)8-12/h2-9,16,18,21H,10H2,1H3,(H,19,20). The number of halogens is 1. The summed E-state index contributed by atoms with van der Waals surface area (Å²) >= 11 is 3.39. The molecule has 2 aromatic carbocycles. The Balaban J connectivity index is 1.97. The van der Waals surface area contributed by atoms with Gasteiger partial charge in [-0.2, -0.15) is 0 Å². The van der Waals surface area contributed by atoms with Crippen LogP contribution in [0, 0.1) is 0 Å². The Labute approximate surface area is 132 Å². The van der Waals surface area contributed by atoms with Crippen LogP contribution in [-0.4, -0.2) is 17.6 Å². The van der Waals surface area contributed by atoms with E-state index in [1.54, 1.807) is 0 Å². The molecular formula is C16H17BrN2O2. The lowest BCUT2D eigenvalue weighted by Gasteiger charge is -2.14. The van der Waals surface area contributed by atoms with Crippen LogP contribution in [0.15, 0.2) is 53.0 Å². The number of anilines is 2. The number of aliphatic hydroxyl groups is 1. The summed E-state index contributed by atoms with van der Waals surface area (Å²) < 4.78 is 0.937. The van der Waals surface area contributed by atoms with E-state index in [0.717, 1.165) is 21.4 Å². The molecule has 2 aromatic rings. The van der Waals surface area contributed by atoms with E-state index < -0.39 is 6.10 Å². The molecule has 0 aliphatic carbocycles. The Morgan fingerprint density at radius 2 is 1.90 bits per heavy atom. The fraction of sp³-hybridized carbons (Fsp3) is 0.188. The molecule has 0 aromatic heterocycles. The number of carbonyl (C=O) groups is 1. The number of rotatable bonds is 5. The molecule has 0 bridgehead atoms. The van der Waals surface area contributed by atoms with E-state index in [9.17, 15) is 9.90 Å². The molecule has 1 amide bonds. The lowest BCUT2D eigenvalue weighted by Crippen LogP contribution is -2.12. The molecule has 5 heteroatoms. The topological polar surface area (TPSA) is 61.4 Å². The third-order valence-electron chi connectivity index (χ3n) is 2.92. The number of nitrogens with one attached hydrogen (secondary N) is 2. The largest absolute Gasteiger partial charge is 0.387 e. The number of hydrogen-bond donors (Lipinski definition) is 3. The fourth-order valence-corrected chi connectivity index (χ4v) is 2.37. The van der Waals surface area contributed by atoms with Crippen molar-refractivity contribution in [1.82, 2.24) is 0 Å². The molecular weight excluding hydrogens is 332 g/mol. The number of hydrogen-bond acceptors (Lipinski definition) is 3. The number of amides is 1. The van der Waals surface area contributed by atoms with Gasteiger partial charge < -0.3 is 15.7 Å². The Morgan fingerprint density at radius 1 is 1.19 bits per heavy atom. The van der Waals surface area contributed by atoms with Crippen LogP contribution < -0.4 is 10.6 Å². The van der Waals surface area contributed by atoms with Gasteiger partial charge in [0.15, 0.2) is 0 Å². The van der Waals surface area contributed by atoms with Crippen molar-refractivity contribution >= 4 is 33.2 Å². The van der Waals surface area contributed by atoms with Gasteiger partial charge in [-0.05, 0) is 35.9 Å². The molecule has 0 fully saturated rings. The first-order valence-corrected chi connectivity index (χ1v) is 7.39. The second kappa shape index (κ2) is 7.24. The zero-order chi connectivity index (χ0) is 15.2. The molecule has 0 aliphatic rings. The van der Waals surface area contributed by atoms with Gasteiger partial charge in [-0.15, -0.1) is 0 Å². The molecule has 0 spiro atoms. The maximum atomic E-state index is 11.0. The van der Waals surface area contributed by atoms with Crippen molar-refractivity contribution in [3.8, 4) is 0 Å². The second-order valence-electron chi connectivity index (χ2n) is 4.71. The van der Waals surface area contributed by atoms with Crippen molar-refractivity contribution in [3.63, 3.8) is 0 Å². The third kappa shape index (κ3) is 4.88. The van der Waals surface area contributed by atoms with Gasteiger partial charge in [-0.1, -0.05) is 34.1 Å². The molecule has 110 valence electrons. The van der Waals surface area contributed by atoms with Crippen LogP contribution >= 0.6 is 15.9 Å². The molecule has 0 heterocycles. The van der Waals surface area contributed by atoms with Crippen molar-refractivity contribution < 1.29 is 9.90 Å². The van der Waals surface area contributed by atoms with Crippen LogP contribution in [0.25, 0.3) is 0 Å². The summed E-state index contributed by atoms with van der Waals surface area (Å²) in [5, 5.41) is 16.1. The summed E-state index contributed by atoms with van der Waals surface area (Å²) in [6.07, 6.45) is -0.605. The minimum Gasteiger partial charge on any atom is -0.387 e. The smallest absolute Gasteiger partial charge is 0.221 e. The molecule has 0 radical (unpaired) electrons. The lowest BCUT2D eigenvalue weighted by atomic mass is 10.1. The summed E-state index contributed by atoms with van der Waals surface area (Å²) in [5.41, 5.74) is 2.41. The van der Waals surface area contributed by atoms with E-state index >= 15 is 0 Å². The zero-order valence-corrected chi connectivity index (χ0v) is 13.2. The summed E-state index contributed by atoms with van der Waals surface area (Å²) in [6.45, 7) is 1.86. The highest BCUT2D eigenvalue weighted by atomic mass is 79.9. The Morgan fingerprint density at radius 3 is 2.62 bits per heavy atom. The van der Waals surface area contributed by atoms with Crippen molar-refractivity contribution in [2.45, 2.75) is 13.0 Å². The van der Waals surface area contributed by atoms with Gasteiger partial charge in [0.05, 0.1) is 6.10 Å². The summed E-state index contributed by atoms with van der Waals surface area (Å²) in [6, 6.07) is 15.0. The van der Waals surface area contributed by atoms with Gasteiger partial charge >= 0.3 is 0 Å². The predicted octanol–water partition coefficient (Wildman–Crippen LogP) is 3.55. The molecule has 1 unspecified atom stereocenters. The Hall–Kier alpha value is -1.85. The molecule has 1 atom stereocenters. The van der Waals surface area contributed by atoms with Gasteiger partial charge in [0.1, 0.15) is 0 Å². The van der Waals surface area contributed by atoms with E-state index in [0.29, 0.717) is 6.54 Å². The van der Waals surface area contributed by atoms with Crippen LogP contribution in [0.4, 0.5) is 11.4 Å². The highest BCUT2D eigenvalue weighted by molar-refractivity contribution is 9.10. The van der Waals surface area contributed by atoms with Crippen molar-refractivity contribution in [2.24, 2.45) is 0 Å². The van der Waals surface area contributed by atoms with Gasteiger partial charge in [0, 0.05) is 29.3 Å². The van der Waals surface area contributed by atoms with Crippen LogP contribution in [0.5, 0.6) is 0 Å². The SMILES string of the molecule is CC(=O)Nc1cccc(NCC(O)c2cccc(Br)c2)c1. The third-order valence-corrected chi connectivity index (χ3v) is 3.41. The van der Waals surface area contributed by atoms with Crippen LogP contribution in [0.2, 0.25) is 0 Å². The van der Waals surface area contributed by atoms with Crippen LogP contribution in [0.3, 0.4) is 0 Å². The molecule has 3 N–H and O–H groups in total. The van der Waals surface area contributed by atoms with Crippen molar-refractivity contribution in [3.05, 3.63) is 58.6 Å². The summed E-state index contributed by atoms with van der Waals surface area (Å²) in [4.78, 5) is 11.0. The van der Waals surface area contributed by atoms with Gasteiger partial charge in [-0.25, -0.2) is 0 Å². The van der Waals surface area contributed by atoms with E-state index in [1.165, 1.54) is 6.92 Å². The highest BCUT2D eigenvalue weighted by Gasteiger charge is 2.07. The molecule has 4 nitrogen and oxygen atoms in total. The summed E-state index contributed by atoms with van der Waals surface area (Å²) in [7, 11) is 0. The van der Waals surface area contributed by atoms with Crippen LogP contribution in [0.1, 0.15) is 18.6 Å². The van der Waals surface area contributed by atoms with Gasteiger partial charge in [0.25, 0.3) is 0 Å². The van der Waals surface area contributed by atoms with Crippen molar-refractivity contribution in [1.29, 1.82) is 0 Å². The average molecular weight is 349 g/mol. The summed E-state index contributed by atoms with van der Waals surface area (Å²) in [5.74, 6) is -0.110. The normalized spacial score (nSPS) is 11.8. The van der Waals surface area contributed by atoms with Crippen LogP contribution in [-0.2, 0) is 4.79 Å². The Bertz CT molecular complexity index is 631. The first kappa shape index (κ1) is 15.5. The molecule has 2 rings (SSSR count). The van der Waals surface area contributed by atoms with E-state index in [2.05, 4.69) is 26.6 Å².